The lowest BCUT2D eigenvalue weighted by Gasteiger charge is -2.25. The molecule has 0 spiro atoms. The van der Waals surface area contributed by atoms with Crippen LogP contribution < -0.4 is 10.6 Å². The van der Waals surface area contributed by atoms with Crippen LogP contribution >= 0.6 is 47.1 Å². The molecule has 1 aromatic heterocycles. The van der Waals surface area contributed by atoms with Crippen LogP contribution in [0.3, 0.4) is 0 Å². The van der Waals surface area contributed by atoms with E-state index in [1.54, 1.807) is 27.4 Å². The summed E-state index contributed by atoms with van der Waals surface area (Å²) in [6.45, 7) is 9.00. The third-order valence-electron chi connectivity index (χ3n) is 3.89. The molecule has 0 aliphatic carbocycles. The van der Waals surface area contributed by atoms with Crippen LogP contribution in [0.5, 0.6) is 0 Å². The van der Waals surface area contributed by atoms with E-state index >= 15 is 0 Å². The fourth-order valence-electron chi connectivity index (χ4n) is 2.40. The number of nitrogens with zero attached hydrogens (tertiary/aromatic N) is 3. The fourth-order valence-corrected chi connectivity index (χ4v) is 5.77. The van der Waals surface area contributed by atoms with Gasteiger partial charge in [0.2, 0.25) is 10.0 Å². The number of hydrogen-bond donors (Lipinski definition) is 2. The quantitative estimate of drug-likeness (QED) is 0.295. The number of sulfonamides is 1. The van der Waals surface area contributed by atoms with E-state index in [0.717, 1.165) is 28.8 Å². The summed E-state index contributed by atoms with van der Waals surface area (Å²) in [7, 11) is -3.20. The van der Waals surface area contributed by atoms with Crippen LogP contribution in [0.2, 0.25) is 0 Å². The molecular weight excluding hydrogens is 517 g/mol. The smallest absolute Gasteiger partial charge is 0.215 e. The first-order chi connectivity index (χ1) is 12.4. The molecule has 1 saturated heterocycles. The maximum Gasteiger partial charge on any atom is 0.215 e. The van der Waals surface area contributed by atoms with Crippen molar-refractivity contribution in [3.8, 4) is 0 Å². The minimum absolute atomic E-state index is 0. The van der Waals surface area contributed by atoms with Crippen LogP contribution in [0, 0.1) is 0 Å². The average Bonchev–Trinajstić information content (AvgIpc) is 3.10. The van der Waals surface area contributed by atoms with Crippen LogP contribution in [0.25, 0.3) is 0 Å². The first-order valence-electron chi connectivity index (χ1n) is 8.94. The van der Waals surface area contributed by atoms with Gasteiger partial charge in [0.25, 0.3) is 0 Å². The fraction of sp³-hybridized carbons (Fsp3) is 0.750. The lowest BCUT2D eigenvalue weighted by Crippen LogP contribution is -2.44. The SMILES string of the molecule is CCNC(=NCc1nc(C(C)C)cs1)NCCS(=O)(=O)N1CCSCC1.I. The van der Waals surface area contributed by atoms with E-state index in [1.807, 2.05) is 6.92 Å². The van der Waals surface area contributed by atoms with E-state index in [2.05, 4.69) is 39.8 Å². The Labute approximate surface area is 188 Å². The van der Waals surface area contributed by atoms with Gasteiger partial charge in [-0.1, -0.05) is 13.8 Å². The van der Waals surface area contributed by atoms with E-state index < -0.39 is 10.0 Å². The number of thiazole rings is 1. The largest absolute Gasteiger partial charge is 0.357 e. The highest BCUT2D eigenvalue weighted by atomic mass is 127. The number of hydrogen-bond acceptors (Lipinski definition) is 6. The van der Waals surface area contributed by atoms with Crippen molar-refractivity contribution in [3.63, 3.8) is 0 Å². The summed E-state index contributed by atoms with van der Waals surface area (Å²) < 4.78 is 26.4. The van der Waals surface area contributed by atoms with E-state index in [9.17, 15) is 8.42 Å². The zero-order valence-electron chi connectivity index (χ0n) is 16.1. The maximum absolute atomic E-state index is 12.4. The number of guanidine groups is 1. The third-order valence-corrected chi connectivity index (χ3v) is 7.56. The van der Waals surface area contributed by atoms with Crippen LogP contribution in [0.1, 0.15) is 37.4 Å². The van der Waals surface area contributed by atoms with Crippen molar-refractivity contribution in [1.29, 1.82) is 0 Å². The summed E-state index contributed by atoms with van der Waals surface area (Å²) in [5, 5.41) is 9.30. The van der Waals surface area contributed by atoms with Crippen LogP contribution in [0.4, 0.5) is 0 Å². The summed E-state index contributed by atoms with van der Waals surface area (Å²) in [4.78, 5) is 9.09. The molecule has 1 aliphatic rings. The Balaban J connectivity index is 0.00000364. The average molecular weight is 548 g/mol. The molecule has 0 unspecified atom stereocenters. The molecule has 7 nitrogen and oxygen atoms in total. The first-order valence-corrected chi connectivity index (χ1v) is 12.6. The molecule has 1 aliphatic heterocycles. The number of aliphatic imine (C=N–C) groups is 1. The van der Waals surface area contributed by atoms with Crippen molar-refractivity contribution in [2.24, 2.45) is 4.99 Å². The summed E-state index contributed by atoms with van der Waals surface area (Å²) in [5.41, 5.74) is 1.09. The maximum atomic E-state index is 12.4. The van der Waals surface area contributed by atoms with E-state index in [0.29, 0.717) is 38.1 Å². The number of halogens is 1. The highest BCUT2D eigenvalue weighted by molar-refractivity contribution is 14.0. The van der Waals surface area contributed by atoms with Gasteiger partial charge in [0.1, 0.15) is 5.01 Å². The number of aromatic nitrogens is 1. The van der Waals surface area contributed by atoms with E-state index in [1.165, 1.54) is 0 Å². The Morgan fingerprint density at radius 3 is 2.63 bits per heavy atom. The second kappa shape index (κ2) is 12.5. The van der Waals surface area contributed by atoms with Gasteiger partial charge in [0, 0.05) is 43.1 Å². The Morgan fingerprint density at radius 2 is 2.04 bits per heavy atom. The van der Waals surface area contributed by atoms with Gasteiger partial charge in [-0.05, 0) is 12.8 Å². The molecule has 0 aromatic carbocycles. The molecule has 156 valence electrons. The van der Waals surface area contributed by atoms with Gasteiger partial charge in [0.15, 0.2) is 5.96 Å². The third kappa shape index (κ3) is 8.42. The predicted octanol–water partition coefficient (Wildman–Crippen LogP) is 2.32. The lowest BCUT2D eigenvalue weighted by atomic mass is 10.2. The van der Waals surface area contributed by atoms with Crippen LogP contribution in [-0.2, 0) is 16.6 Å². The molecule has 11 heteroatoms. The zero-order chi connectivity index (χ0) is 19.0. The Bertz CT molecular complexity index is 688. The molecule has 0 radical (unpaired) electrons. The minimum Gasteiger partial charge on any atom is -0.357 e. The highest BCUT2D eigenvalue weighted by Crippen LogP contribution is 2.18. The summed E-state index contributed by atoms with van der Waals surface area (Å²) in [5.74, 6) is 2.87. The number of thioether (sulfide) groups is 1. The van der Waals surface area contributed by atoms with Gasteiger partial charge < -0.3 is 10.6 Å². The molecule has 0 atom stereocenters. The molecule has 2 N–H and O–H groups in total. The number of rotatable bonds is 8. The van der Waals surface area contributed by atoms with Gasteiger partial charge in [-0.2, -0.15) is 11.8 Å². The zero-order valence-corrected chi connectivity index (χ0v) is 20.9. The topological polar surface area (TPSA) is 86.7 Å². The standard InChI is InChI=1S/C16H29N5O2S3.HI/c1-4-17-16(19-11-15-20-14(12-25-15)13(2)3)18-5-10-26(22,23)21-6-8-24-9-7-21;/h12-13H,4-11H2,1-3H3,(H2,17,18,19);1H. The van der Waals surface area contributed by atoms with E-state index in [-0.39, 0.29) is 29.7 Å². The predicted molar refractivity (Wildman–Crippen MR) is 127 cm³/mol. The Morgan fingerprint density at radius 1 is 1.33 bits per heavy atom. The molecule has 0 bridgehead atoms. The Hall–Kier alpha value is -0.110. The van der Waals surface area contributed by atoms with Gasteiger partial charge in [-0.25, -0.2) is 22.7 Å². The van der Waals surface area contributed by atoms with Gasteiger partial charge in [-0.15, -0.1) is 35.3 Å². The molecule has 0 saturated carbocycles. The van der Waals surface area contributed by atoms with Crippen molar-refractivity contribution in [3.05, 3.63) is 16.1 Å². The summed E-state index contributed by atoms with van der Waals surface area (Å²) in [6.07, 6.45) is 0. The molecule has 1 aromatic rings. The van der Waals surface area contributed by atoms with Crippen molar-refractivity contribution >= 4 is 63.1 Å². The molecule has 2 heterocycles. The van der Waals surface area contributed by atoms with Crippen molar-refractivity contribution < 1.29 is 8.42 Å². The second-order valence-corrected chi connectivity index (χ2v) is 10.5. The molecular formula is C16H30IN5O2S3. The lowest BCUT2D eigenvalue weighted by molar-refractivity contribution is 0.443. The highest BCUT2D eigenvalue weighted by Gasteiger charge is 2.23. The molecule has 0 amide bonds. The van der Waals surface area contributed by atoms with Gasteiger partial charge in [-0.3, -0.25) is 0 Å². The van der Waals surface area contributed by atoms with E-state index in [4.69, 9.17) is 0 Å². The monoisotopic (exact) mass is 547 g/mol. The first kappa shape index (κ1) is 24.9. The summed E-state index contributed by atoms with van der Waals surface area (Å²) in [6, 6.07) is 0. The number of nitrogens with one attached hydrogen (secondary N) is 2. The minimum atomic E-state index is -3.20. The van der Waals surface area contributed by atoms with Crippen LogP contribution in [0.15, 0.2) is 10.4 Å². The van der Waals surface area contributed by atoms with Crippen molar-refractivity contribution in [2.45, 2.75) is 33.2 Å². The van der Waals surface area contributed by atoms with Crippen molar-refractivity contribution in [2.75, 3.05) is 43.4 Å². The summed E-state index contributed by atoms with van der Waals surface area (Å²) >= 11 is 3.41. The van der Waals surface area contributed by atoms with Crippen molar-refractivity contribution in [1.82, 2.24) is 19.9 Å². The van der Waals surface area contributed by atoms with Gasteiger partial charge in [0.05, 0.1) is 18.0 Å². The van der Waals surface area contributed by atoms with Crippen LogP contribution in [-0.4, -0.2) is 67.1 Å². The van der Waals surface area contributed by atoms with Gasteiger partial charge >= 0.3 is 0 Å². The Kier molecular flexibility index (Phi) is 11.5. The molecule has 1 fully saturated rings. The second-order valence-electron chi connectivity index (χ2n) is 6.27. The molecule has 27 heavy (non-hydrogen) atoms. The molecule has 2 rings (SSSR count). The normalized spacial score (nSPS) is 16.2.